The number of aliphatic hydroxyl groups is 1. The van der Waals surface area contributed by atoms with Gasteiger partial charge in [0.15, 0.2) is 0 Å². The van der Waals surface area contributed by atoms with Crippen LogP contribution in [0.15, 0.2) is 29.2 Å². The summed E-state index contributed by atoms with van der Waals surface area (Å²) in [5, 5.41) is 12.8. The predicted molar refractivity (Wildman–Crippen MR) is 74.6 cm³/mol. The van der Waals surface area contributed by atoms with Crippen LogP contribution in [0.1, 0.15) is 25.7 Å². The van der Waals surface area contributed by atoms with Crippen molar-refractivity contribution in [2.45, 2.75) is 42.7 Å². The van der Waals surface area contributed by atoms with E-state index in [0.717, 1.165) is 18.5 Å². The van der Waals surface area contributed by atoms with E-state index in [1.165, 1.54) is 0 Å². The highest BCUT2D eigenvalue weighted by Crippen LogP contribution is 2.21. The second kappa shape index (κ2) is 5.90. The van der Waals surface area contributed by atoms with E-state index in [1.807, 2.05) is 0 Å². The first-order chi connectivity index (χ1) is 9.03. The van der Waals surface area contributed by atoms with Gasteiger partial charge in [-0.2, -0.15) is 0 Å². The molecule has 0 amide bonds. The highest BCUT2D eigenvalue weighted by Gasteiger charge is 2.27. The van der Waals surface area contributed by atoms with Crippen LogP contribution in [0, 0.1) is 0 Å². The lowest BCUT2D eigenvalue weighted by atomic mass is 9.93. The van der Waals surface area contributed by atoms with Crippen molar-refractivity contribution in [3.05, 3.63) is 24.3 Å². The fraction of sp³-hybridized carbons (Fsp3) is 0.538. The fourth-order valence-electron chi connectivity index (χ4n) is 2.32. The molecule has 2 atom stereocenters. The summed E-state index contributed by atoms with van der Waals surface area (Å²) in [7, 11) is -1.78. The van der Waals surface area contributed by atoms with Crippen molar-refractivity contribution in [1.29, 1.82) is 0 Å². The number of aliphatic hydroxyl groups excluding tert-OH is 1. The van der Waals surface area contributed by atoms with Crippen LogP contribution in [0.5, 0.6) is 0 Å². The van der Waals surface area contributed by atoms with Crippen LogP contribution in [0.25, 0.3) is 0 Å². The monoisotopic (exact) mass is 284 g/mol. The Morgan fingerprint density at radius 1 is 1.16 bits per heavy atom. The summed E-state index contributed by atoms with van der Waals surface area (Å²) in [6.07, 6.45) is 2.67. The predicted octanol–water partition coefficient (Wildman–Crippen LogP) is 1.31. The van der Waals surface area contributed by atoms with Gasteiger partial charge >= 0.3 is 0 Å². The number of rotatable bonds is 4. The molecule has 106 valence electrons. The third kappa shape index (κ3) is 3.46. The normalized spacial score (nSPS) is 24.1. The van der Waals surface area contributed by atoms with Gasteiger partial charge in [-0.25, -0.2) is 13.1 Å². The summed E-state index contributed by atoms with van der Waals surface area (Å²) in [6.45, 7) is 0. The molecule has 1 aliphatic rings. The largest absolute Gasteiger partial charge is 0.391 e. The van der Waals surface area contributed by atoms with Gasteiger partial charge in [-0.05, 0) is 37.1 Å². The molecule has 1 fully saturated rings. The highest BCUT2D eigenvalue weighted by molar-refractivity contribution is 7.89. The van der Waals surface area contributed by atoms with E-state index in [0.29, 0.717) is 12.8 Å². The lowest BCUT2D eigenvalue weighted by Gasteiger charge is -2.28. The Morgan fingerprint density at radius 2 is 1.79 bits per heavy atom. The minimum atomic E-state index is -3.56. The lowest BCUT2D eigenvalue weighted by molar-refractivity contribution is 0.101. The molecule has 6 heteroatoms. The van der Waals surface area contributed by atoms with Gasteiger partial charge in [0.1, 0.15) is 0 Å². The maximum Gasteiger partial charge on any atom is 0.240 e. The molecular formula is C13H20N2O3S. The molecule has 0 heterocycles. The number of hydrogen-bond donors (Lipinski definition) is 3. The van der Waals surface area contributed by atoms with Crippen LogP contribution in [-0.4, -0.2) is 32.7 Å². The molecule has 0 spiro atoms. The maximum absolute atomic E-state index is 12.2. The van der Waals surface area contributed by atoms with Crippen LogP contribution in [-0.2, 0) is 10.0 Å². The van der Waals surface area contributed by atoms with E-state index >= 15 is 0 Å². The van der Waals surface area contributed by atoms with Gasteiger partial charge < -0.3 is 10.4 Å². The van der Waals surface area contributed by atoms with Gasteiger partial charge in [0.05, 0.1) is 11.0 Å². The van der Waals surface area contributed by atoms with E-state index in [-0.39, 0.29) is 10.9 Å². The van der Waals surface area contributed by atoms with Gasteiger partial charge in [-0.3, -0.25) is 0 Å². The summed E-state index contributed by atoms with van der Waals surface area (Å²) < 4.78 is 27.0. The van der Waals surface area contributed by atoms with Crippen molar-refractivity contribution in [2.24, 2.45) is 0 Å². The van der Waals surface area contributed by atoms with E-state index in [1.54, 1.807) is 31.3 Å². The molecule has 0 saturated heterocycles. The minimum absolute atomic E-state index is 0.226. The zero-order valence-corrected chi connectivity index (χ0v) is 11.8. The highest BCUT2D eigenvalue weighted by atomic mass is 32.2. The Bertz CT molecular complexity index is 513. The summed E-state index contributed by atoms with van der Waals surface area (Å²) in [5.74, 6) is 0. The van der Waals surface area contributed by atoms with Crippen LogP contribution >= 0.6 is 0 Å². The lowest BCUT2D eigenvalue weighted by Crippen LogP contribution is -2.44. The molecule has 0 aliphatic heterocycles. The summed E-state index contributed by atoms with van der Waals surface area (Å²) >= 11 is 0. The molecule has 3 N–H and O–H groups in total. The van der Waals surface area contributed by atoms with Crippen molar-refractivity contribution in [3.8, 4) is 0 Å². The molecule has 0 radical (unpaired) electrons. The molecule has 1 aliphatic carbocycles. The van der Waals surface area contributed by atoms with E-state index in [4.69, 9.17) is 0 Å². The number of hydrogen-bond acceptors (Lipinski definition) is 4. The first-order valence-electron chi connectivity index (χ1n) is 6.51. The topological polar surface area (TPSA) is 78.4 Å². The molecule has 19 heavy (non-hydrogen) atoms. The molecule has 5 nitrogen and oxygen atoms in total. The van der Waals surface area contributed by atoms with Crippen LogP contribution in [0.3, 0.4) is 0 Å². The molecule has 1 aromatic carbocycles. The molecular weight excluding hydrogens is 264 g/mol. The van der Waals surface area contributed by atoms with Crippen molar-refractivity contribution < 1.29 is 13.5 Å². The fourth-order valence-corrected chi connectivity index (χ4v) is 3.62. The molecule has 0 aromatic heterocycles. The van der Waals surface area contributed by atoms with Crippen molar-refractivity contribution in [2.75, 3.05) is 12.4 Å². The van der Waals surface area contributed by atoms with Crippen molar-refractivity contribution in [1.82, 2.24) is 4.72 Å². The van der Waals surface area contributed by atoms with Crippen LogP contribution in [0.2, 0.25) is 0 Å². The molecule has 1 aromatic rings. The summed E-state index contributed by atoms with van der Waals surface area (Å²) in [5.41, 5.74) is 0.858. The molecule has 2 rings (SSSR count). The van der Waals surface area contributed by atoms with Gasteiger partial charge in [-0.15, -0.1) is 0 Å². The zero-order valence-electron chi connectivity index (χ0n) is 11.0. The SMILES string of the molecule is CNc1ccc(S(=O)(=O)NC2CCCCC2O)cc1. The Balaban J connectivity index is 2.12. The number of nitrogens with one attached hydrogen (secondary N) is 2. The Morgan fingerprint density at radius 3 is 2.37 bits per heavy atom. The molecule has 1 saturated carbocycles. The van der Waals surface area contributed by atoms with E-state index < -0.39 is 16.1 Å². The van der Waals surface area contributed by atoms with Crippen LogP contribution < -0.4 is 10.0 Å². The van der Waals surface area contributed by atoms with E-state index in [2.05, 4.69) is 10.0 Å². The number of benzene rings is 1. The summed E-state index contributed by atoms with van der Waals surface area (Å²) in [6, 6.07) is 6.17. The second-order valence-corrected chi connectivity index (χ2v) is 6.57. The number of sulfonamides is 1. The molecule has 2 unspecified atom stereocenters. The first kappa shape index (κ1) is 14.3. The van der Waals surface area contributed by atoms with Crippen molar-refractivity contribution >= 4 is 15.7 Å². The van der Waals surface area contributed by atoms with Gasteiger partial charge in [0.2, 0.25) is 10.0 Å². The summed E-state index contributed by atoms with van der Waals surface area (Å²) in [4.78, 5) is 0.226. The first-order valence-corrected chi connectivity index (χ1v) is 7.99. The smallest absolute Gasteiger partial charge is 0.240 e. The van der Waals surface area contributed by atoms with Gasteiger partial charge in [-0.1, -0.05) is 12.8 Å². The minimum Gasteiger partial charge on any atom is -0.391 e. The standard InChI is InChI=1S/C13H20N2O3S/c1-14-10-6-8-11(9-7-10)19(17,18)15-12-4-2-3-5-13(12)16/h6-9,12-16H,2-5H2,1H3. The third-order valence-corrected chi connectivity index (χ3v) is 5.00. The van der Waals surface area contributed by atoms with Crippen molar-refractivity contribution in [3.63, 3.8) is 0 Å². The third-order valence-electron chi connectivity index (χ3n) is 3.49. The quantitative estimate of drug-likeness (QED) is 0.779. The second-order valence-electron chi connectivity index (χ2n) is 4.85. The number of anilines is 1. The van der Waals surface area contributed by atoms with E-state index in [9.17, 15) is 13.5 Å². The van der Waals surface area contributed by atoms with Crippen LogP contribution in [0.4, 0.5) is 5.69 Å². The Kier molecular flexibility index (Phi) is 4.44. The molecule has 0 bridgehead atoms. The Labute approximate surface area is 114 Å². The zero-order chi connectivity index (χ0) is 13.9. The maximum atomic E-state index is 12.2. The van der Waals surface area contributed by atoms with Gasteiger partial charge in [0.25, 0.3) is 0 Å². The average Bonchev–Trinajstić information content (AvgIpc) is 2.41. The average molecular weight is 284 g/mol. The Hall–Kier alpha value is -1.11. The van der Waals surface area contributed by atoms with Gasteiger partial charge in [0, 0.05) is 18.8 Å².